The Balaban J connectivity index is 2.50. The standard InChI is InChI=1S/C10H15N3O3/c1-8(2)12-5-6-16-10-3-4-11-7-9(10)13(14)15/h3-4,7-8,12H,5-6H2,1-2H3. The summed E-state index contributed by atoms with van der Waals surface area (Å²) in [4.78, 5) is 13.8. The van der Waals surface area contributed by atoms with Crippen molar-refractivity contribution in [3.8, 4) is 5.75 Å². The first-order chi connectivity index (χ1) is 7.61. The van der Waals surface area contributed by atoms with Crippen LogP contribution in [0.15, 0.2) is 18.5 Å². The molecule has 0 spiro atoms. The lowest BCUT2D eigenvalue weighted by atomic mass is 10.4. The van der Waals surface area contributed by atoms with Crippen LogP contribution in [0.2, 0.25) is 0 Å². The van der Waals surface area contributed by atoms with E-state index >= 15 is 0 Å². The smallest absolute Gasteiger partial charge is 0.329 e. The van der Waals surface area contributed by atoms with Gasteiger partial charge in [-0.2, -0.15) is 0 Å². The molecule has 6 nitrogen and oxygen atoms in total. The average molecular weight is 225 g/mol. The van der Waals surface area contributed by atoms with E-state index in [1.165, 1.54) is 18.5 Å². The van der Waals surface area contributed by atoms with Gasteiger partial charge in [0.05, 0.1) is 4.92 Å². The maximum atomic E-state index is 10.6. The summed E-state index contributed by atoms with van der Waals surface area (Å²) in [6.07, 6.45) is 2.66. The van der Waals surface area contributed by atoms with Crippen LogP contribution in [0.3, 0.4) is 0 Å². The van der Waals surface area contributed by atoms with Crippen LogP contribution in [-0.2, 0) is 0 Å². The van der Waals surface area contributed by atoms with Crippen LogP contribution in [0.5, 0.6) is 5.75 Å². The molecule has 0 saturated carbocycles. The number of hydrogen-bond acceptors (Lipinski definition) is 5. The zero-order chi connectivity index (χ0) is 12.0. The van der Waals surface area contributed by atoms with E-state index in [1.54, 1.807) is 0 Å². The Morgan fingerprint density at radius 2 is 2.38 bits per heavy atom. The second-order valence-electron chi connectivity index (χ2n) is 3.56. The quantitative estimate of drug-likeness (QED) is 0.449. The van der Waals surface area contributed by atoms with E-state index in [1.807, 2.05) is 13.8 Å². The van der Waals surface area contributed by atoms with Gasteiger partial charge in [0.15, 0.2) is 5.75 Å². The fourth-order valence-corrected chi connectivity index (χ4v) is 1.14. The summed E-state index contributed by atoms with van der Waals surface area (Å²) in [6.45, 7) is 5.09. The molecule has 0 aliphatic carbocycles. The van der Waals surface area contributed by atoms with Crippen molar-refractivity contribution in [3.63, 3.8) is 0 Å². The number of hydrogen-bond donors (Lipinski definition) is 1. The van der Waals surface area contributed by atoms with E-state index in [0.717, 1.165) is 0 Å². The first kappa shape index (κ1) is 12.4. The Hall–Kier alpha value is -1.69. The highest BCUT2D eigenvalue weighted by Crippen LogP contribution is 2.24. The summed E-state index contributed by atoms with van der Waals surface area (Å²) < 4.78 is 5.30. The van der Waals surface area contributed by atoms with Crippen molar-refractivity contribution in [1.82, 2.24) is 10.3 Å². The largest absolute Gasteiger partial charge is 0.485 e. The average Bonchev–Trinajstić information content (AvgIpc) is 2.24. The zero-order valence-corrected chi connectivity index (χ0v) is 9.34. The Kier molecular flexibility index (Phi) is 4.65. The lowest BCUT2D eigenvalue weighted by Crippen LogP contribution is -2.27. The van der Waals surface area contributed by atoms with Crippen molar-refractivity contribution in [2.45, 2.75) is 19.9 Å². The monoisotopic (exact) mass is 225 g/mol. The molecule has 0 unspecified atom stereocenters. The van der Waals surface area contributed by atoms with Gasteiger partial charge in [-0.05, 0) is 0 Å². The summed E-state index contributed by atoms with van der Waals surface area (Å²) >= 11 is 0. The molecule has 0 amide bonds. The molecule has 88 valence electrons. The topological polar surface area (TPSA) is 77.3 Å². The highest BCUT2D eigenvalue weighted by molar-refractivity contribution is 5.42. The minimum atomic E-state index is -0.502. The second-order valence-corrected chi connectivity index (χ2v) is 3.56. The summed E-state index contributed by atoms with van der Waals surface area (Å²) in [7, 11) is 0. The zero-order valence-electron chi connectivity index (χ0n) is 9.34. The van der Waals surface area contributed by atoms with Gasteiger partial charge in [0.2, 0.25) is 0 Å². The van der Waals surface area contributed by atoms with E-state index in [-0.39, 0.29) is 11.4 Å². The van der Waals surface area contributed by atoms with Gasteiger partial charge < -0.3 is 10.1 Å². The summed E-state index contributed by atoms with van der Waals surface area (Å²) in [5, 5.41) is 13.8. The Bertz CT molecular complexity index is 355. The van der Waals surface area contributed by atoms with Crippen LogP contribution in [0.1, 0.15) is 13.8 Å². The van der Waals surface area contributed by atoms with Gasteiger partial charge in [-0.15, -0.1) is 0 Å². The number of pyridine rings is 1. The maximum Gasteiger partial charge on any atom is 0.329 e. The summed E-state index contributed by atoms with van der Waals surface area (Å²) in [5.41, 5.74) is -0.105. The molecule has 0 saturated heterocycles. The molecule has 0 aliphatic rings. The molecule has 1 heterocycles. The fraction of sp³-hybridized carbons (Fsp3) is 0.500. The van der Waals surface area contributed by atoms with Gasteiger partial charge in [0.25, 0.3) is 0 Å². The predicted molar refractivity (Wildman–Crippen MR) is 59.5 cm³/mol. The molecule has 16 heavy (non-hydrogen) atoms. The van der Waals surface area contributed by atoms with Crippen LogP contribution in [-0.4, -0.2) is 29.1 Å². The van der Waals surface area contributed by atoms with Gasteiger partial charge >= 0.3 is 5.69 Å². The molecule has 1 rings (SSSR count). The molecule has 1 aromatic heterocycles. The van der Waals surface area contributed by atoms with E-state index < -0.39 is 4.92 Å². The van der Waals surface area contributed by atoms with Gasteiger partial charge in [-0.3, -0.25) is 15.1 Å². The van der Waals surface area contributed by atoms with Crippen LogP contribution < -0.4 is 10.1 Å². The van der Waals surface area contributed by atoms with Gasteiger partial charge in [-0.25, -0.2) is 0 Å². The van der Waals surface area contributed by atoms with E-state index in [0.29, 0.717) is 19.2 Å². The summed E-state index contributed by atoms with van der Waals surface area (Å²) in [6, 6.07) is 1.86. The molecule has 6 heteroatoms. The molecule has 1 N–H and O–H groups in total. The number of nitro groups is 1. The minimum Gasteiger partial charge on any atom is -0.485 e. The van der Waals surface area contributed by atoms with E-state index in [9.17, 15) is 10.1 Å². The lowest BCUT2D eigenvalue weighted by molar-refractivity contribution is -0.386. The SMILES string of the molecule is CC(C)NCCOc1ccncc1[N+](=O)[O-]. The molecule has 0 aromatic carbocycles. The number of rotatable bonds is 6. The number of nitrogens with zero attached hydrogens (tertiary/aromatic N) is 2. The maximum absolute atomic E-state index is 10.6. The Morgan fingerprint density at radius 3 is 3.00 bits per heavy atom. The molecular formula is C10H15N3O3. The van der Waals surface area contributed by atoms with Crippen molar-refractivity contribution in [2.24, 2.45) is 0 Å². The van der Waals surface area contributed by atoms with Crippen molar-refractivity contribution in [1.29, 1.82) is 0 Å². The van der Waals surface area contributed by atoms with Crippen LogP contribution in [0.4, 0.5) is 5.69 Å². The van der Waals surface area contributed by atoms with Gasteiger partial charge in [0.1, 0.15) is 12.8 Å². The Morgan fingerprint density at radius 1 is 1.62 bits per heavy atom. The molecule has 1 aromatic rings. The minimum absolute atomic E-state index is 0.105. The van der Waals surface area contributed by atoms with Crippen molar-refractivity contribution in [3.05, 3.63) is 28.6 Å². The number of aromatic nitrogens is 1. The third kappa shape index (κ3) is 3.82. The molecule has 0 fully saturated rings. The first-order valence-corrected chi connectivity index (χ1v) is 5.06. The predicted octanol–water partition coefficient (Wildman–Crippen LogP) is 1.37. The Labute approximate surface area is 93.8 Å². The highest BCUT2D eigenvalue weighted by atomic mass is 16.6. The van der Waals surface area contributed by atoms with Crippen molar-refractivity contribution < 1.29 is 9.66 Å². The van der Waals surface area contributed by atoms with Crippen LogP contribution in [0, 0.1) is 10.1 Å². The van der Waals surface area contributed by atoms with Crippen molar-refractivity contribution >= 4 is 5.69 Å². The van der Waals surface area contributed by atoms with Crippen molar-refractivity contribution in [2.75, 3.05) is 13.2 Å². The fourth-order valence-electron chi connectivity index (χ4n) is 1.14. The summed E-state index contributed by atoms with van der Waals surface area (Å²) in [5.74, 6) is 0.255. The molecule has 0 aliphatic heterocycles. The van der Waals surface area contributed by atoms with Gasteiger partial charge in [-0.1, -0.05) is 13.8 Å². The number of ether oxygens (including phenoxy) is 1. The highest BCUT2D eigenvalue weighted by Gasteiger charge is 2.13. The lowest BCUT2D eigenvalue weighted by Gasteiger charge is -2.09. The molecule has 0 atom stereocenters. The first-order valence-electron chi connectivity index (χ1n) is 5.06. The second kappa shape index (κ2) is 6.02. The molecule has 0 bridgehead atoms. The molecular weight excluding hydrogens is 210 g/mol. The van der Waals surface area contributed by atoms with Crippen LogP contribution in [0.25, 0.3) is 0 Å². The van der Waals surface area contributed by atoms with Crippen LogP contribution >= 0.6 is 0 Å². The number of nitrogens with one attached hydrogen (secondary N) is 1. The van der Waals surface area contributed by atoms with Gasteiger partial charge in [0, 0.05) is 24.8 Å². The third-order valence-electron chi connectivity index (χ3n) is 1.87. The normalized spacial score (nSPS) is 10.4. The van der Waals surface area contributed by atoms with E-state index in [2.05, 4.69) is 10.3 Å². The molecule has 0 radical (unpaired) electrons. The third-order valence-corrected chi connectivity index (χ3v) is 1.87. The van der Waals surface area contributed by atoms with E-state index in [4.69, 9.17) is 4.74 Å².